The Morgan fingerprint density at radius 3 is 2.18 bits per heavy atom. The second kappa shape index (κ2) is 12.7. The lowest BCUT2D eigenvalue weighted by atomic mass is 9.81. The van der Waals surface area contributed by atoms with Crippen LogP contribution in [0.4, 0.5) is 11.4 Å². The molecule has 0 saturated heterocycles. The highest BCUT2D eigenvalue weighted by atomic mass is 32.2. The first-order chi connectivity index (χ1) is 18.2. The van der Waals surface area contributed by atoms with Crippen molar-refractivity contribution in [3.8, 4) is 22.3 Å². The number of anilines is 2. The summed E-state index contributed by atoms with van der Waals surface area (Å²) in [6, 6.07) is 15.0. The molecule has 3 aromatic rings. The van der Waals surface area contributed by atoms with E-state index in [0.29, 0.717) is 0 Å². The third-order valence-corrected chi connectivity index (χ3v) is 7.72. The number of rotatable bonds is 7. The Labute approximate surface area is 242 Å². The van der Waals surface area contributed by atoms with Crippen LogP contribution in [-0.4, -0.2) is 46.4 Å². The van der Waals surface area contributed by atoms with E-state index in [1.807, 2.05) is 18.4 Å². The first-order valence-electron chi connectivity index (χ1n) is 12.9. The molecule has 3 aromatic carbocycles. The van der Waals surface area contributed by atoms with Crippen molar-refractivity contribution in [3.63, 3.8) is 0 Å². The molecule has 0 amide bonds. The zero-order valence-corrected chi connectivity index (χ0v) is 26.1. The van der Waals surface area contributed by atoms with E-state index in [1.165, 1.54) is 22.3 Å². The fourth-order valence-corrected chi connectivity index (χ4v) is 5.81. The third-order valence-electron chi connectivity index (χ3n) is 6.27. The van der Waals surface area contributed by atoms with E-state index >= 15 is 0 Å². The number of carboxylic acid groups (broad SMARTS) is 1. The van der Waals surface area contributed by atoms with E-state index in [1.54, 1.807) is 44.9 Å². The van der Waals surface area contributed by atoms with Gasteiger partial charge in [0.05, 0.1) is 24.3 Å². The van der Waals surface area contributed by atoms with Crippen molar-refractivity contribution in [1.82, 2.24) is 4.31 Å². The van der Waals surface area contributed by atoms with Crippen LogP contribution in [0.5, 0.6) is 0 Å². The summed E-state index contributed by atoms with van der Waals surface area (Å²) in [5.74, 6) is -0.810. The van der Waals surface area contributed by atoms with Gasteiger partial charge in [-0.2, -0.15) is 0 Å². The molecule has 0 spiro atoms. The number of nitrogens with one attached hydrogen (secondary N) is 1. The number of aliphatic hydroxyl groups is 1. The van der Waals surface area contributed by atoms with Gasteiger partial charge in [-0.05, 0) is 107 Å². The molecular formula is C31H41N3O3S2. The summed E-state index contributed by atoms with van der Waals surface area (Å²) in [4.78, 5) is 11.9. The zero-order chi connectivity index (χ0) is 29.1. The van der Waals surface area contributed by atoms with E-state index in [-0.39, 0.29) is 6.42 Å². The van der Waals surface area contributed by atoms with Crippen molar-refractivity contribution in [3.05, 3.63) is 70.3 Å². The molecule has 8 heteroatoms. The lowest BCUT2D eigenvalue weighted by Gasteiger charge is -2.36. The van der Waals surface area contributed by atoms with E-state index in [9.17, 15) is 9.90 Å². The Hall–Kier alpha value is -2.65. The molecule has 1 aliphatic rings. The molecule has 0 fully saturated rings. The van der Waals surface area contributed by atoms with Gasteiger partial charge in [0.2, 0.25) is 0 Å². The van der Waals surface area contributed by atoms with E-state index < -0.39 is 11.6 Å². The first kappa shape index (κ1) is 30.9. The molecular weight excluding hydrogens is 526 g/mol. The lowest BCUT2D eigenvalue weighted by molar-refractivity contribution is -0.136. The number of aryl methyl sites for hydroxylation is 1. The second-order valence-corrected chi connectivity index (χ2v) is 13.0. The van der Waals surface area contributed by atoms with Crippen molar-refractivity contribution in [2.45, 2.75) is 60.1 Å². The second-order valence-electron chi connectivity index (χ2n) is 11.0. The normalized spacial score (nSPS) is 12.4. The van der Waals surface area contributed by atoms with Crippen molar-refractivity contribution in [2.75, 3.05) is 29.4 Å². The predicted molar refractivity (Wildman–Crippen MR) is 169 cm³/mol. The zero-order valence-electron chi connectivity index (χ0n) is 24.5. The van der Waals surface area contributed by atoms with Crippen LogP contribution in [0.3, 0.4) is 0 Å². The number of carbonyl (C=O) groups is 1. The number of carboxylic acids is 1. The van der Waals surface area contributed by atoms with Crippen LogP contribution in [0.25, 0.3) is 22.3 Å². The van der Waals surface area contributed by atoms with Gasteiger partial charge in [-0.25, -0.2) is 4.31 Å². The number of aliphatic carboxylic acids is 1. The van der Waals surface area contributed by atoms with Gasteiger partial charge in [0.15, 0.2) is 0 Å². The smallest absolute Gasteiger partial charge is 0.307 e. The number of fused-ring (bicyclic) bond motifs is 3. The monoisotopic (exact) mass is 567 g/mol. The standard InChI is InChI=1S/C27H31N3O2S2.C4H10O/c1-16-7-9-19(10-8-16)25-18(3)26-23-13-21(28-34-29(4)5)12-11-20(23)15-30(33-6)27(26)17(2)22(25)14-24(31)32;1-4(2,3)5/h7-13,28H,14-15H2,1-6H3,(H,31,32);5H,1-3H3. The van der Waals surface area contributed by atoms with Gasteiger partial charge in [-0.3, -0.25) is 4.79 Å². The fraction of sp³-hybridized carbons (Fsp3) is 0.387. The summed E-state index contributed by atoms with van der Waals surface area (Å²) in [7, 11) is 4.01. The van der Waals surface area contributed by atoms with Crippen LogP contribution in [0.15, 0.2) is 42.5 Å². The van der Waals surface area contributed by atoms with Crippen LogP contribution < -0.4 is 9.03 Å². The van der Waals surface area contributed by atoms with Gasteiger partial charge in [0, 0.05) is 29.6 Å². The summed E-state index contributed by atoms with van der Waals surface area (Å²) in [6.45, 7) is 12.3. The topological polar surface area (TPSA) is 76.0 Å². The molecule has 0 saturated carbocycles. The summed E-state index contributed by atoms with van der Waals surface area (Å²) in [5.41, 5.74) is 11.7. The molecule has 210 valence electrons. The van der Waals surface area contributed by atoms with E-state index in [0.717, 1.165) is 45.7 Å². The fourth-order valence-electron chi connectivity index (χ4n) is 4.72. The molecule has 0 aromatic heterocycles. The SMILES string of the molecule is CC(C)(C)O.CSN1Cc2ccc(NSN(C)C)cc2-c2c(C)c(-c3ccc(C)cc3)c(CC(=O)O)c(C)c21. The summed E-state index contributed by atoms with van der Waals surface area (Å²) < 4.78 is 7.74. The molecule has 6 nitrogen and oxygen atoms in total. The maximum Gasteiger partial charge on any atom is 0.307 e. The lowest BCUT2D eigenvalue weighted by Crippen LogP contribution is -2.22. The Morgan fingerprint density at radius 1 is 1.03 bits per heavy atom. The van der Waals surface area contributed by atoms with Crippen molar-refractivity contribution >= 4 is 41.4 Å². The summed E-state index contributed by atoms with van der Waals surface area (Å²) in [6.07, 6.45) is 2.08. The van der Waals surface area contributed by atoms with Crippen molar-refractivity contribution in [1.29, 1.82) is 0 Å². The molecule has 1 aliphatic heterocycles. The van der Waals surface area contributed by atoms with Gasteiger partial charge in [-0.1, -0.05) is 47.8 Å². The van der Waals surface area contributed by atoms with Gasteiger partial charge >= 0.3 is 5.97 Å². The summed E-state index contributed by atoms with van der Waals surface area (Å²) in [5, 5.41) is 18.3. The number of hydrogen-bond acceptors (Lipinski definition) is 7. The third kappa shape index (κ3) is 7.72. The maximum atomic E-state index is 11.9. The van der Waals surface area contributed by atoms with Gasteiger partial charge in [0.1, 0.15) is 0 Å². The summed E-state index contributed by atoms with van der Waals surface area (Å²) >= 11 is 3.23. The molecule has 39 heavy (non-hydrogen) atoms. The van der Waals surface area contributed by atoms with Gasteiger partial charge < -0.3 is 19.2 Å². The Bertz CT molecular complexity index is 1330. The Balaban J connectivity index is 0.000000771. The van der Waals surface area contributed by atoms with E-state index in [4.69, 9.17) is 5.11 Å². The Morgan fingerprint density at radius 2 is 1.64 bits per heavy atom. The van der Waals surface area contributed by atoms with E-state index in [2.05, 4.69) is 78.5 Å². The number of nitrogens with zero attached hydrogens (tertiary/aromatic N) is 2. The first-order valence-corrected chi connectivity index (χ1v) is 14.9. The van der Waals surface area contributed by atoms with Crippen LogP contribution in [0.2, 0.25) is 0 Å². The highest BCUT2D eigenvalue weighted by Gasteiger charge is 2.30. The molecule has 0 bridgehead atoms. The minimum Gasteiger partial charge on any atom is -0.481 e. The molecule has 0 unspecified atom stereocenters. The minimum absolute atomic E-state index is 0.000683. The van der Waals surface area contributed by atoms with Crippen molar-refractivity contribution < 1.29 is 15.0 Å². The molecule has 0 radical (unpaired) electrons. The molecule has 0 aliphatic carbocycles. The number of hydrogen-bond donors (Lipinski definition) is 3. The highest BCUT2D eigenvalue weighted by molar-refractivity contribution is 8.00. The quantitative estimate of drug-likeness (QED) is 0.254. The minimum atomic E-state index is -0.810. The van der Waals surface area contributed by atoms with Gasteiger partial charge in [0.25, 0.3) is 0 Å². The van der Waals surface area contributed by atoms with Gasteiger partial charge in [-0.15, -0.1) is 0 Å². The molecule has 4 rings (SSSR count). The average Bonchev–Trinajstić information content (AvgIpc) is 2.84. The molecule has 0 atom stereocenters. The average molecular weight is 568 g/mol. The van der Waals surface area contributed by atoms with Crippen molar-refractivity contribution in [2.24, 2.45) is 0 Å². The number of benzene rings is 3. The Kier molecular flexibility index (Phi) is 10.0. The highest BCUT2D eigenvalue weighted by Crippen LogP contribution is 2.50. The van der Waals surface area contributed by atoms with Crippen LogP contribution >= 0.6 is 24.1 Å². The molecule has 3 N–H and O–H groups in total. The van der Waals surface area contributed by atoms with Crippen LogP contribution in [0, 0.1) is 20.8 Å². The maximum absolute atomic E-state index is 11.9. The van der Waals surface area contributed by atoms with Crippen LogP contribution in [-0.2, 0) is 17.8 Å². The van der Waals surface area contributed by atoms with Crippen LogP contribution in [0.1, 0.15) is 48.6 Å². The predicted octanol–water partition coefficient (Wildman–Crippen LogP) is 7.48. The molecule has 1 heterocycles. The largest absolute Gasteiger partial charge is 0.481 e.